The molecule has 0 fully saturated rings. The zero-order chi connectivity index (χ0) is 25.2. The number of aliphatic hydroxyl groups is 1. The van der Waals surface area contributed by atoms with Crippen molar-refractivity contribution in [2.45, 2.75) is 18.9 Å². The summed E-state index contributed by atoms with van der Waals surface area (Å²) in [6, 6.07) is 17.2. The molecular weight excluding hydrogens is 460 g/mol. The number of ether oxygens (including phenoxy) is 2. The van der Waals surface area contributed by atoms with Gasteiger partial charge in [-0.3, -0.25) is 19.5 Å². The van der Waals surface area contributed by atoms with E-state index in [0.29, 0.717) is 34.6 Å². The van der Waals surface area contributed by atoms with Gasteiger partial charge in [0, 0.05) is 24.8 Å². The van der Waals surface area contributed by atoms with E-state index in [-0.39, 0.29) is 23.7 Å². The number of carbonyl (C=O) groups is 2. The molecule has 1 atom stereocenters. The quantitative estimate of drug-likeness (QED) is 0.387. The van der Waals surface area contributed by atoms with Crippen LogP contribution in [0.4, 0.5) is 5.95 Å². The van der Waals surface area contributed by atoms with Crippen molar-refractivity contribution in [1.29, 1.82) is 0 Å². The number of benzene rings is 2. The Morgan fingerprint density at radius 3 is 2.47 bits per heavy atom. The minimum absolute atomic E-state index is 0.00486. The topological polar surface area (TPSA) is 118 Å². The predicted octanol–water partition coefficient (Wildman–Crippen LogP) is 4.08. The summed E-state index contributed by atoms with van der Waals surface area (Å²) in [5, 5.41) is 10.9. The van der Waals surface area contributed by atoms with Crippen molar-refractivity contribution in [3.8, 4) is 11.5 Å². The Morgan fingerprint density at radius 1 is 1.06 bits per heavy atom. The molecule has 1 aliphatic rings. The lowest BCUT2D eigenvalue weighted by atomic mass is 9.96. The van der Waals surface area contributed by atoms with Gasteiger partial charge < -0.3 is 19.6 Å². The van der Waals surface area contributed by atoms with Crippen LogP contribution < -0.4 is 14.4 Å². The number of aromatic nitrogens is 3. The Bertz CT molecular complexity index is 1420. The lowest BCUT2D eigenvalue weighted by Gasteiger charge is -2.23. The maximum absolute atomic E-state index is 13.4. The summed E-state index contributed by atoms with van der Waals surface area (Å²) >= 11 is 0. The zero-order valence-electron chi connectivity index (χ0n) is 19.8. The highest BCUT2D eigenvalue weighted by molar-refractivity contribution is 6.16. The van der Waals surface area contributed by atoms with E-state index in [1.54, 1.807) is 36.5 Å². The number of carbonyl (C=O) groups excluding carboxylic acids is 2. The molecule has 0 saturated heterocycles. The average molecular weight is 485 g/mol. The highest BCUT2D eigenvalue weighted by atomic mass is 16.5. The number of pyridine rings is 1. The number of anilines is 1. The van der Waals surface area contributed by atoms with Crippen molar-refractivity contribution in [2.75, 3.05) is 19.1 Å². The van der Waals surface area contributed by atoms with Crippen molar-refractivity contribution in [1.82, 2.24) is 15.0 Å². The third-order valence-corrected chi connectivity index (χ3v) is 6.16. The summed E-state index contributed by atoms with van der Waals surface area (Å²) in [5.41, 5.74) is 2.55. The number of Topliss-reactive ketones (excluding diaryl/α,β-unsaturated/α-hetero) is 1. The molecule has 2 aromatic carbocycles. The van der Waals surface area contributed by atoms with Crippen LogP contribution in [0.1, 0.15) is 23.7 Å². The molecule has 0 bridgehead atoms. The van der Waals surface area contributed by atoms with E-state index in [1.165, 1.54) is 19.1 Å². The van der Waals surface area contributed by atoms with Crippen molar-refractivity contribution in [3.05, 3.63) is 89.5 Å². The lowest BCUT2D eigenvalue weighted by Crippen LogP contribution is -2.32. The number of rotatable bonds is 8. The van der Waals surface area contributed by atoms with Crippen LogP contribution in [0.3, 0.4) is 0 Å². The molecular formula is C27H24N4O5. The molecule has 1 amide bonds. The molecule has 9 heteroatoms. The van der Waals surface area contributed by atoms with Gasteiger partial charge in [0.25, 0.3) is 5.91 Å². The monoisotopic (exact) mass is 484 g/mol. The highest BCUT2D eigenvalue weighted by Crippen LogP contribution is 2.41. The molecule has 9 nitrogen and oxygen atoms in total. The van der Waals surface area contributed by atoms with Crippen LogP contribution in [-0.2, 0) is 16.0 Å². The maximum atomic E-state index is 13.4. The first-order chi connectivity index (χ1) is 17.5. The summed E-state index contributed by atoms with van der Waals surface area (Å²) in [5.74, 6) is -0.520. The highest BCUT2D eigenvalue weighted by Gasteiger charge is 2.46. The maximum Gasteiger partial charge on any atom is 0.296 e. The predicted molar refractivity (Wildman–Crippen MR) is 133 cm³/mol. The first-order valence-electron chi connectivity index (χ1n) is 11.4. The smallest absolute Gasteiger partial charge is 0.296 e. The number of fused-ring (bicyclic) bond motifs is 1. The fourth-order valence-corrected chi connectivity index (χ4v) is 4.40. The first-order valence-corrected chi connectivity index (χ1v) is 11.4. The van der Waals surface area contributed by atoms with Gasteiger partial charge in [0.05, 0.1) is 36.5 Å². The standard InChI is InChI=1S/C27H24N4O5/c1-35-21-14-18-19(15-22(21)36-2)30-27(29-18)31-24(17-10-6-7-13-28-17)23(25(33)26(31)34)20(32)12-11-16-8-4-3-5-9-16/h3-10,13-15,24,33H,11-12H2,1-2H3,(H,29,30). The summed E-state index contributed by atoms with van der Waals surface area (Å²) in [6.07, 6.45) is 2.18. The molecule has 1 unspecified atom stereocenters. The van der Waals surface area contributed by atoms with Gasteiger partial charge in [-0.05, 0) is 24.1 Å². The Labute approximate surface area is 207 Å². The van der Waals surface area contributed by atoms with Gasteiger partial charge in [-0.15, -0.1) is 0 Å². The Kier molecular flexibility index (Phi) is 6.12. The van der Waals surface area contributed by atoms with Crippen LogP contribution in [0.25, 0.3) is 11.0 Å². The van der Waals surface area contributed by atoms with Gasteiger partial charge in [-0.2, -0.15) is 0 Å². The molecule has 2 N–H and O–H groups in total. The average Bonchev–Trinajstić information content (AvgIpc) is 3.44. The first kappa shape index (κ1) is 23.1. The van der Waals surface area contributed by atoms with E-state index in [1.807, 2.05) is 30.3 Å². The lowest BCUT2D eigenvalue weighted by molar-refractivity contribution is -0.118. The number of hydrogen-bond donors (Lipinski definition) is 2. The molecule has 36 heavy (non-hydrogen) atoms. The fraction of sp³-hybridized carbons (Fsp3) is 0.185. The van der Waals surface area contributed by atoms with Gasteiger partial charge in [0.1, 0.15) is 6.04 Å². The van der Waals surface area contributed by atoms with E-state index in [4.69, 9.17) is 9.47 Å². The fourth-order valence-electron chi connectivity index (χ4n) is 4.40. The second kappa shape index (κ2) is 9.53. The molecule has 2 aromatic heterocycles. The number of hydrogen-bond acceptors (Lipinski definition) is 7. The molecule has 3 heterocycles. The van der Waals surface area contributed by atoms with Gasteiger partial charge in [0.15, 0.2) is 23.0 Å². The summed E-state index contributed by atoms with van der Waals surface area (Å²) in [6.45, 7) is 0. The number of aromatic amines is 1. The van der Waals surface area contributed by atoms with Crippen LogP contribution in [0, 0.1) is 0 Å². The van der Waals surface area contributed by atoms with Crippen molar-refractivity contribution < 1.29 is 24.2 Å². The van der Waals surface area contributed by atoms with Crippen molar-refractivity contribution in [3.63, 3.8) is 0 Å². The third-order valence-electron chi connectivity index (χ3n) is 6.16. The number of ketones is 1. The number of methoxy groups -OCH3 is 2. The number of aliphatic hydroxyl groups excluding tert-OH is 1. The minimum Gasteiger partial charge on any atom is -0.503 e. The number of aryl methyl sites for hydroxylation is 1. The number of imidazole rings is 1. The second-order valence-electron chi connectivity index (χ2n) is 8.29. The Hall–Kier alpha value is -4.66. The largest absolute Gasteiger partial charge is 0.503 e. The van der Waals surface area contributed by atoms with Gasteiger partial charge in [-0.25, -0.2) is 4.98 Å². The van der Waals surface area contributed by atoms with E-state index in [0.717, 1.165) is 5.56 Å². The SMILES string of the molecule is COc1cc2nc(N3C(=O)C(O)=C(C(=O)CCc4ccccc4)C3c3ccccn3)[nH]c2cc1OC. The van der Waals surface area contributed by atoms with E-state index in [9.17, 15) is 14.7 Å². The molecule has 5 rings (SSSR count). The number of H-pyrrole nitrogens is 1. The van der Waals surface area contributed by atoms with Crippen LogP contribution in [-0.4, -0.2) is 46.0 Å². The molecule has 182 valence electrons. The van der Waals surface area contributed by atoms with Gasteiger partial charge in [0.2, 0.25) is 5.95 Å². The molecule has 4 aromatic rings. The third kappa shape index (κ3) is 4.04. The van der Waals surface area contributed by atoms with Crippen LogP contribution in [0.15, 0.2) is 78.2 Å². The molecule has 0 saturated carbocycles. The number of nitrogens with zero attached hydrogens (tertiary/aromatic N) is 3. The number of amides is 1. The molecule has 0 spiro atoms. The molecule has 1 aliphatic heterocycles. The van der Waals surface area contributed by atoms with Crippen LogP contribution in [0.5, 0.6) is 11.5 Å². The summed E-state index contributed by atoms with van der Waals surface area (Å²) < 4.78 is 10.7. The Morgan fingerprint density at radius 2 is 1.78 bits per heavy atom. The van der Waals surface area contributed by atoms with Crippen molar-refractivity contribution in [2.24, 2.45) is 0 Å². The minimum atomic E-state index is -0.939. The molecule has 0 radical (unpaired) electrons. The van der Waals surface area contributed by atoms with Crippen LogP contribution in [0.2, 0.25) is 0 Å². The second-order valence-corrected chi connectivity index (χ2v) is 8.29. The van der Waals surface area contributed by atoms with E-state index in [2.05, 4.69) is 15.0 Å². The van der Waals surface area contributed by atoms with Gasteiger partial charge >= 0.3 is 0 Å². The van der Waals surface area contributed by atoms with Crippen LogP contribution >= 0.6 is 0 Å². The zero-order valence-corrected chi connectivity index (χ0v) is 19.8. The normalized spacial score (nSPS) is 15.6. The summed E-state index contributed by atoms with van der Waals surface area (Å²) in [7, 11) is 3.05. The van der Waals surface area contributed by atoms with Crippen molar-refractivity contribution >= 4 is 28.7 Å². The van der Waals surface area contributed by atoms with Gasteiger partial charge in [-0.1, -0.05) is 36.4 Å². The summed E-state index contributed by atoms with van der Waals surface area (Å²) in [4.78, 5) is 40.1. The van der Waals surface area contributed by atoms with E-state index >= 15 is 0 Å². The molecule has 0 aliphatic carbocycles. The number of nitrogens with one attached hydrogen (secondary N) is 1. The van der Waals surface area contributed by atoms with E-state index < -0.39 is 17.7 Å². The Balaban J connectivity index is 1.55.